The zero-order chi connectivity index (χ0) is 10.2. The number of nitrogens with one attached hydrogen (secondary N) is 1. The van der Waals surface area contributed by atoms with Gasteiger partial charge in [0.1, 0.15) is 0 Å². The Bertz CT molecular complexity index is 136. The third-order valence-corrected chi connectivity index (χ3v) is 3.22. The molecule has 0 bridgehead atoms. The highest BCUT2D eigenvalue weighted by Crippen LogP contribution is 2.20. The fourth-order valence-electron chi connectivity index (χ4n) is 2.40. The van der Waals surface area contributed by atoms with Crippen molar-refractivity contribution in [2.24, 2.45) is 0 Å². The summed E-state index contributed by atoms with van der Waals surface area (Å²) in [4.78, 5) is 2.64. The number of hydrogen-bond acceptors (Lipinski definition) is 2. The molecule has 14 heavy (non-hydrogen) atoms. The maximum Gasteiger partial charge on any atom is 0.00960 e. The van der Waals surface area contributed by atoms with Crippen molar-refractivity contribution >= 4 is 0 Å². The standard InChI is InChI=1S/C12H26N2/c1-3-9-13-10-5-7-12-8-6-11-14(12)4-2/h12-13H,3-11H2,1-2H3/t12-/m0/s1. The van der Waals surface area contributed by atoms with Gasteiger partial charge in [0.15, 0.2) is 0 Å². The first kappa shape index (κ1) is 12.0. The summed E-state index contributed by atoms with van der Waals surface area (Å²) in [7, 11) is 0. The highest BCUT2D eigenvalue weighted by molar-refractivity contribution is 4.78. The Hall–Kier alpha value is -0.0800. The van der Waals surface area contributed by atoms with Crippen molar-refractivity contribution in [1.82, 2.24) is 10.2 Å². The van der Waals surface area contributed by atoms with Crippen molar-refractivity contribution in [3.05, 3.63) is 0 Å². The van der Waals surface area contributed by atoms with Gasteiger partial charge in [-0.1, -0.05) is 13.8 Å². The van der Waals surface area contributed by atoms with Crippen molar-refractivity contribution in [2.45, 2.75) is 52.0 Å². The van der Waals surface area contributed by atoms with Crippen LogP contribution in [0.4, 0.5) is 0 Å². The Morgan fingerprint density at radius 1 is 1.29 bits per heavy atom. The molecule has 0 aromatic rings. The average Bonchev–Trinajstić information content (AvgIpc) is 2.65. The predicted molar refractivity (Wildman–Crippen MR) is 62.7 cm³/mol. The first-order valence-electron chi connectivity index (χ1n) is 6.33. The van der Waals surface area contributed by atoms with Gasteiger partial charge in [0.2, 0.25) is 0 Å². The molecule has 1 heterocycles. The summed E-state index contributed by atoms with van der Waals surface area (Å²) in [5.41, 5.74) is 0. The van der Waals surface area contributed by atoms with E-state index >= 15 is 0 Å². The summed E-state index contributed by atoms with van der Waals surface area (Å²) in [6, 6.07) is 0.892. The van der Waals surface area contributed by atoms with E-state index in [0.717, 1.165) is 6.04 Å². The van der Waals surface area contributed by atoms with Gasteiger partial charge in [-0.2, -0.15) is 0 Å². The van der Waals surface area contributed by atoms with Crippen molar-refractivity contribution in [3.63, 3.8) is 0 Å². The van der Waals surface area contributed by atoms with Crippen LogP contribution in [0.3, 0.4) is 0 Å². The molecular weight excluding hydrogens is 172 g/mol. The molecule has 1 fully saturated rings. The third kappa shape index (κ3) is 3.97. The van der Waals surface area contributed by atoms with E-state index < -0.39 is 0 Å². The zero-order valence-electron chi connectivity index (χ0n) is 9.89. The van der Waals surface area contributed by atoms with E-state index in [4.69, 9.17) is 0 Å². The van der Waals surface area contributed by atoms with Gasteiger partial charge in [0, 0.05) is 6.04 Å². The maximum atomic E-state index is 3.47. The maximum absolute atomic E-state index is 3.47. The lowest BCUT2D eigenvalue weighted by atomic mass is 10.1. The number of nitrogens with zero attached hydrogens (tertiary/aromatic N) is 1. The van der Waals surface area contributed by atoms with Crippen LogP contribution in [0.25, 0.3) is 0 Å². The van der Waals surface area contributed by atoms with Crippen LogP contribution >= 0.6 is 0 Å². The monoisotopic (exact) mass is 198 g/mol. The van der Waals surface area contributed by atoms with E-state index in [1.165, 1.54) is 58.3 Å². The lowest BCUT2D eigenvalue weighted by molar-refractivity contribution is 0.252. The van der Waals surface area contributed by atoms with Gasteiger partial charge in [-0.15, -0.1) is 0 Å². The van der Waals surface area contributed by atoms with Gasteiger partial charge in [0.25, 0.3) is 0 Å². The predicted octanol–water partition coefficient (Wildman–Crippen LogP) is 2.25. The normalized spacial score (nSPS) is 23.1. The van der Waals surface area contributed by atoms with Crippen LogP contribution in [-0.2, 0) is 0 Å². The van der Waals surface area contributed by atoms with E-state index in [1.807, 2.05) is 0 Å². The second kappa shape index (κ2) is 7.24. The van der Waals surface area contributed by atoms with Gasteiger partial charge in [-0.3, -0.25) is 0 Å². The summed E-state index contributed by atoms with van der Waals surface area (Å²) in [6.07, 6.45) is 6.85. The first-order chi connectivity index (χ1) is 6.88. The molecule has 1 saturated heterocycles. The fourth-order valence-corrected chi connectivity index (χ4v) is 2.40. The van der Waals surface area contributed by atoms with Crippen LogP contribution < -0.4 is 5.32 Å². The minimum absolute atomic E-state index is 0.892. The molecule has 0 spiro atoms. The minimum Gasteiger partial charge on any atom is -0.317 e. The zero-order valence-corrected chi connectivity index (χ0v) is 9.89. The molecule has 84 valence electrons. The molecule has 1 atom stereocenters. The average molecular weight is 198 g/mol. The van der Waals surface area contributed by atoms with Crippen LogP contribution in [0.2, 0.25) is 0 Å². The van der Waals surface area contributed by atoms with E-state index in [9.17, 15) is 0 Å². The van der Waals surface area contributed by atoms with Gasteiger partial charge in [0.05, 0.1) is 0 Å². The van der Waals surface area contributed by atoms with E-state index in [-0.39, 0.29) is 0 Å². The molecule has 2 heteroatoms. The van der Waals surface area contributed by atoms with Crippen molar-refractivity contribution in [1.29, 1.82) is 0 Å². The Morgan fingerprint density at radius 2 is 2.14 bits per heavy atom. The Kier molecular flexibility index (Phi) is 6.20. The van der Waals surface area contributed by atoms with E-state index in [2.05, 4.69) is 24.1 Å². The van der Waals surface area contributed by atoms with Crippen LogP contribution in [0.1, 0.15) is 46.0 Å². The smallest absolute Gasteiger partial charge is 0.00960 e. The molecule has 1 N–H and O–H groups in total. The molecule has 1 rings (SSSR count). The minimum atomic E-state index is 0.892. The Morgan fingerprint density at radius 3 is 2.86 bits per heavy atom. The fraction of sp³-hybridized carbons (Fsp3) is 1.00. The topological polar surface area (TPSA) is 15.3 Å². The Labute approximate surface area is 89.1 Å². The molecule has 2 nitrogen and oxygen atoms in total. The highest BCUT2D eigenvalue weighted by Gasteiger charge is 2.21. The van der Waals surface area contributed by atoms with Crippen LogP contribution in [0.5, 0.6) is 0 Å². The second-order valence-electron chi connectivity index (χ2n) is 4.32. The number of rotatable bonds is 7. The highest BCUT2D eigenvalue weighted by atomic mass is 15.2. The van der Waals surface area contributed by atoms with Crippen LogP contribution in [0.15, 0.2) is 0 Å². The van der Waals surface area contributed by atoms with Crippen LogP contribution in [0, 0.1) is 0 Å². The van der Waals surface area contributed by atoms with Crippen molar-refractivity contribution in [3.8, 4) is 0 Å². The third-order valence-electron chi connectivity index (χ3n) is 3.22. The van der Waals surface area contributed by atoms with E-state index in [1.54, 1.807) is 0 Å². The Balaban J connectivity index is 2.00. The summed E-state index contributed by atoms with van der Waals surface area (Å²) in [5.74, 6) is 0. The summed E-state index contributed by atoms with van der Waals surface area (Å²) in [5, 5.41) is 3.47. The van der Waals surface area contributed by atoms with Crippen LogP contribution in [-0.4, -0.2) is 37.1 Å². The van der Waals surface area contributed by atoms with Gasteiger partial charge in [-0.05, 0) is 58.3 Å². The molecule has 0 aromatic heterocycles. The summed E-state index contributed by atoms with van der Waals surface area (Å²) in [6.45, 7) is 9.48. The number of hydrogen-bond donors (Lipinski definition) is 1. The van der Waals surface area contributed by atoms with Crippen molar-refractivity contribution in [2.75, 3.05) is 26.2 Å². The van der Waals surface area contributed by atoms with Crippen molar-refractivity contribution < 1.29 is 0 Å². The molecule has 0 aliphatic carbocycles. The summed E-state index contributed by atoms with van der Waals surface area (Å²) < 4.78 is 0. The lowest BCUT2D eigenvalue weighted by Gasteiger charge is -2.22. The molecule has 1 aliphatic rings. The molecule has 0 unspecified atom stereocenters. The molecular formula is C12H26N2. The number of likely N-dealkylation sites (tertiary alicyclic amines) is 1. The molecule has 0 saturated carbocycles. The van der Waals surface area contributed by atoms with E-state index in [0.29, 0.717) is 0 Å². The molecule has 0 amide bonds. The molecule has 0 aromatic carbocycles. The summed E-state index contributed by atoms with van der Waals surface area (Å²) >= 11 is 0. The largest absolute Gasteiger partial charge is 0.317 e. The van der Waals surface area contributed by atoms with Gasteiger partial charge in [-0.25, -0.2) is 0 Å². The lowest BCUT2D eigenvalue weighted by Crippen LogP contribution is -2.29. The molecule has 1 aliphatic heterocycles. The van der Waals surface area contributed by atoms with Gasteiger partial charge < -0.3 is 10.2 Å². The van der Waals surface area contributed by atoms with Gasteiger partial charge >= 0.3 is 0 Å². The SMILES string of the molecule is CCCNCCC[C@H]1CCCN1CC. The second-order valence-corrected chi connectivity index (χ2v) is 4.32. The molecule has 0 radical (unpaired) electrons. The first-order valence-corrected chi connectivity index (χ1v) is 6.33. The quantitative estimate of drug-likeness (QED) is 0.631.